The Balaban J connectivity index is 2.00. The van der Waals surface area contributed by atoms with E-state index >= 15 is 0 Å². The lowest BCUT2D eigenvalue weighted by Crippen LogP contribution is -2.11. The summed E-state index contributed by atoms with van der Waals surface area (Å²) in [5.41, 5.74) is 2.63. The summed E-state index contributed by atoms with van der Waals surface area (Å²) in [5, 5.41) is 9.32. The zero-order valence-electron chi connectivity index (χ0n) is 8.12. The summed E-state index contributed by atoms with van der Waals surface area (Å²) in [4.78, 5) is 0. The van der Waals surface area contributed by atoms with E-state index in [4.69, 9.17) is 4.74 Å². The summed E-state index contributed by atoms with van der Waals surface area (Å²) in [6.07, 6.45) is 3.26. The second kappa shape index (κ2) is 2.74. The number of hydrogen-bond acceptors (Lipinski definition) is 2. The Morgan fingerprint density at radius 1 is 1.36 bits per heavy atom. The van der Waals surface area contributed by atoms with Gasteiger partial charge in [-0.25, -0.2) is 0 Å². The Labute approximate surface area is 83.5 Å². The molecular formula is C12H14O2. The number of hydrogen-bond donors (Lipinski definition) is 1. The van der Waals surface area contributed by atoms with Gasteiger partial charge in [0.2, 0.25) is 0 Å². The Bertz CT molecular complexity index is 367. The number of benzene rings is 1. The van der Waals surface area contributed by atoms with Crippen molar-refractivity contribution in [1.29, 1.82) is 0 Å². The molecule has 1 aliphatic heterocycles. The van der Waals surface area contributed by atoms with Gasteiger partial charge in [0.1, 0.15) is 5.75 Å². The van der Waals surface area contributed by atoms with E-state index in [1.807, 2.05) is 0 Å². The van der Waals surface area contributed by atoms with Gasteiger partial charge in [0, 0.05) is 11.8 Å². The highest BCUT2D eigenvalue weighted by atomic mass is 16.5. The highest BCUT2D eigenvalue weighted by Gasteiger charge is 2.44. The molecule has 1 fully saturated rings. The van der Waals surface area contributed by atoms with E-state index in [9.17, 15) is 5.11 Å². The molecule has 1 N–H and O–H groups in total. The minimum absolute atomic E-state index is 0.0704. The number of aliphatic hydroxyl groups excluding tert-OH is 1. The lowest BCUT2D eigenvalue weighted by molar-refractivity contribution is 0.254. The molecule has 2 heteroatoms. The molecule has 0 unspecified atom stereocenters. The van der Waals surface area contributed by atoms with Crippen molar-refractivity contribution in [1.82, 2.24) is 0 Å². The summed E-state index contributed by atoms with van der Waals surface area (Å²) < 4.78 is 5.52. The lowest BCUT2D eigenvalue weighted by Gasteiger charge is -2.12. The smallest absolute Gasteiger partial charge is 0.122 e. The van der Waals surface area contributed by atoms with Crippen molar-refractivity contribution in [3.63, 3.8) is 0 Å². The van der Waals surface area contributed by atoms with E-state index < -0.39 is 0 Å². The molecule has 74 valence electrons. The van der Waals surface area contributed by atoms with Crippen molar-refractivity contribution >= 4 is 0 Å². The number of fused-ring (bicyclic) bond motifs is 1. The zero-order chi connectivity index (χ0) is 9.60. The quantitative estimate of drug-likeness (QED) is 0.768. The number of aliphatic hydroxyl groups is 1. The van der Waals surface area contributed by atoms with E-state index in [2.05, 4.69) is 18.2 Å². The van der Waals surface area contributed by atoms with Gasteiger partial charge < -0.3 is 9.84 Å². The molecule has 0 amide bonds. The van der Waals surface area contributed by atoms with Gasteiger partial charge in [-0.2, -0.15) is 0 Å². The predicted molar refractivity (Wildman–Crippen MR) is 53.6 cm³/mol. The van der Waals surface area contributed by atoms with E-state index in [1.54, 1.807) is 0 Å². The monoisotopic (exact) mass is 190 g/mol. The molecule has 1 aromatic carbocycles. The average molecular weight is 190 g/mol. The van der Waals surface area contributed by atoms with Crippen molar-refractivity contribution in [3.8, 4) is 5.75 Å². The third-order valence-electron chi connectivity index (χ3n) is 3.46. The van der Waals surface area contributed by atoms with Crippen molar-refractivity contribution in [2.24, 2.45) is 0 Å². The molecule has 0 bridgehead atoms. The summed E-state index contributed by atoms with van der Waals surface area (Å²) in [6.45, 7) is 1.08. The second-order valence-electron chi connectivity index (χ2n) is 4.36. The molecule has 0 spiro atoms. The highest BCUT2D eigenvalue weighted by molar-refractivity contribution is 5.44. The first kappa shape index (κ1) is 8.30. The van der Waals surface area contributed by atoms with Gasteiger partial charge in [-0.15, -0.1) is 0 Å². The fraction of sp³-hybridized carbons (Fsp3) is 0.500. The van der Waals surface area contributed by atoms with Gasteiger partial charge in [0.25, 0.3) is 0 Å². The molecule has 2 nitrogen and oxygen atoms in total. The normalized spacial score (nSPS) is 21.5. The van der Waals surface area contributed by atoms with Gasteiger partial charge in [0.15, 0.2) is 0 Å². The summed E-state index contributed by atoms with van der Waals surface area (Å²) in [5.74, 6) is 1.03. The molecule has 0 radical (unpaired) electrons. The van der Waals surface area contributed by atoms with E-state index in [0.29, 0.717) is 0 Å². The van der Waals surface area contributed by atoms with Gasteiger partial charge in [-0.3, -0.25) is 0 Å². The second-order valence-corrected chi connectivity index (χ2v) is 4.36. The Kier molecular flexibility index (Phi) is 1.62. The first-order chi connectivity index (χ1) is 6.84. The Morgan fingerprint density at radius 3 is 2.93 bits per heavy atom. The average Bonchev–Trinajstić information content (AvgIpc) is 2.89. The molecule has 1 saturated carbocycles. The molecule has 0 atom stereocenters. The van der Waals surface area contributed by atoms with E-state index in [-0.39, 0.29) is 12.0 Å². The maximum absolute atomic E-state index is 9.32. The molecule has 3 rings (SSSR count). The van der Waals surface area contributed by atoms with E-state index in [1.165, 1.54) is 11.1 Å². The summed E-state index contributed by atoms with van der Waals surface area (Å²) in [7, 11) is 0. The molecule has 2 aliphatic rings. The van der Waals surface area contributed by atoms with Crippen LogP contribution in [0.5, 0.6) is 5.75 Å². The van der Waals surface area contributed by atoms with Gasteiger partial charge >= 0.3 is 0 Å². The van der Waals surface area contributed by atoms with Crippen molar-refractivity contribution < 1.29 is 9.84 Å². The predicted octanol–water partition coefficient (Wildman–Crippen LogP) is 1.65. The molecular weight excluding hydrogens is 176 g/mol. The van der Waals surface area contributed by atoms with Crippen LogP contribution >= 0.6 is 0 Å². The van der Waals surface area contributed by atoms with Crippen LogP contribution in [0.15, 0.2) is 18.2 Å². The van der Waals surface area contributed by atoms with Crippen molar-refractivity contribution in [2.45, 2.75) is 24.7 Å². The maximum atomic E-state index is 9.32. The molecule has 1 heterocycles. The highest BCUT2D eigenvalue weighted by Crippen LogP contribution is 2.48. The maximum Gasteiger partial charge on any atom is 0.122 e. The van der Waals surface area contributed by atoms with Crippen LogP contribution in [0.1, 0.15) is 24.0 Å². The van der Waals surface area contributed by atoms with Crippen molar-refractivity contribution in [2.75, 3.05) is 13.2 Å². The minimum atomic E-state index is 0.0704. The van der Waals surface area contributed by atoms with Crippen LogP contribution in [-0.2, 0) is 11.8 Å². The Hall–Kier alpha value is -1.02. The number of ether oxygens (including phenoxy) is 1. The van der Waals surface area contributed by atoms with Crippen LogP contribution in [0.25, 0.3) is 0 Å². The molecule has 1 aliphatic carbocycles. The first-order valence-electron chi connectivity index (χ1n) is 5.21. The van der Waals surface area contributed by atoms with Crippen LogP contribution in [0.2, 0.25) is 0 Å². The minimum Gasteiger partial charge on any atom is -0.493 e. The number of rotatable bonds is 2. The van der Waals surface area contributed by atoms with Gasteiger partial charge in [0.05, 0.1) is 13.2 Å². The van der Waals surface area contributed by atoms with E-state index in [0.717, 1.165) is 31.6 Å². The third-order valence-corrected chi connectivity index (χ3v) is 3.46. The molecule has 0 aromatic heterocycles. The van der Waals surface area contributed by atoms with Crippen LogP contribution in [0, 0.1) is 0 Å². The fourth-order valence-corrected chi connectivity index (χ4v) is 2.19. The molecule has 14 heavy (non-hydrogen) atoms. The van der Waals surface area contributed by atoms with Crippen LogP contribution in [0.4, 0.5) is 0 Å². The largest absolute Gasteiger partial charge is 0.493 e. The Morgan fingerprint density at radius 2 is 2.21 bits per heavy atom. The van der Waals surface area contributed by atoms with Crippen molar-refractivity contribution in [3.05, 3.63) is 29.3 Å². The van der Waals surface area contributed by atoms with Gasteiger partial charge in [-0.05, 0) is 30.0 Å². The van der Waals surface area contributed by atoms with Crippen LogP contribution in [-0.4, -0.2) is 18.3 Å². The fourth-order valence-electron chi connectivity index (χ4n) is 2.19. The zero-order valence-corrected chi connectivity index (χ0v) is 8.12. The lowest BCUT2D eigenvalue weighted by atomic mass is 9.95. The SMILES string of the molecule is OCC1(c2ccc3c(c2)OCC3)CC1. The van der Waals surface area contributed by atoms with Crippen LogP contribution < -0.4 is 4.74 Å². The standard InChI is InChI=1S/C12H14O2/c13-8-12(4-5-12)10-2-1-9-3-6-14-11(9)7-10/h1-2,7,13H,3-6,8H2. The summed E-state index contributed by atoms with van der Waals surface area (Å²) >= 11 is 0. The third kappa shape index (κ3) is 1.07. The first-order valence-corrected chi connectivity index (χ1v) is 5.21. The van der Waals surface area contributed by atoms with Gasteiger partial charge in [-0.1, -0.05) is 12.1 Å². The molecule has 1 aromatic rings. The molecule has 0 saturated heterocycles. The van der Waals surface area contributed by atoms with Crippen LogP contribution in [0.3, 0.4) is 0 Å². The summed E-state index contributed by atoms with van der Waals surface area (Å²) in [6, 6.07) is 6.41. The topological polar surface area (TPSA) is 29.5 Å².